The van der Waals surface area contributed by atoms with Gasteiger partial charge in [0.2, 0.25) is 0 Å². The molecule has 0 radical (unpaired) electrons. The van der Waals surface area contributed by atoms with E-state index in [1.165, 1.54) is 16.7 Å². The van der Waals surface area contributed by atoms with Crippen LogP contribution in [0.3, 0.4) is 0 Å². The van der Waals surface area contributed by atoms with Crippen LogP contribution in [0.2, 0.25) is 0 Å². The SMILES string of the molecule is c1cncc(C2CCCN2c2ncnc3ccsc23)c1. The Labute approximate surface area is 121 Å². The zero-order valence-corrected chi connectivity index (χ0v) is 11.8. The van der Waals surface area contributed by atoms with Gasteiger partial charge in [0.25, 0.3) is 0 Å². The first-order valence-electron chi connectivity index (χ1n) is 6.78. The molecule has 0 aliphatic carbocycles. The normalized spacial score (nSPS) is 18.8. The summed E-state index contributed by atoms with van der Waals surface area (Å²) in [6.07, 6.45) is 7.81. The van der Waals surface area contributed by atoms with Crippen LogP contribution in [-0.2, 0) is 0 Å². The van der Waals surface area contributed by atoms with Gasteiger partial charge in [0, 0.05) is 18.9 Å². The minimum atomic E-state index is 0.379. The van der Waals surface area contributed by atoms with E-state index in [1.807, 2.05) is 18.5 Å². The van der Waals surface area contributed by atoms with Crippen LogP contribution in [0.25, 0.3) is 10.2 Å². The molecule has 5 heteroatoms. The lowest BCUT2D eigenvalue weighted by molar-refractivity contribution is 0.710. The number of thiophene rings is 1. The van der Waals surface area contributed by atoms with Gasteiger partial charge in [-0.3, -0.25) is 4.98 Å². The highest BCUT2D eigenvalue weighted by Gasteiger charge is 2.28. The summed E-state index contributed by atoms with van der Waals surface area (Å²) in [5, 5.41) is 2.08. The van der Waals surface area contributed by atoms with E-state index in [0.29, 0.717) is 6.04 Å². The van der Waals surface area contributed by atoms with Gasteiger partial charge in [0.1, 0.15) is 6.33 Å². The Bertz CT molecular complexity index is 725. The van der Waals surface area contributed by atoms with Gasteiger partial charge in [-0.2, -0.15) is 0 Å². The van der Waals surface area contributed by atoms with Gasteiger partial charge in [0.05, 0.1) is 16.3 Å². The van der Waals surface area contributed by atoms with Crippen LogP contribution in [0.4, 0.5) is 5.82 Å². The van der Waals surface area contributed by atoms with Crippen LogP contribution in [0.5, 0.6) is 0 Å². The molecule has 4 rings (SSSR count). The summed E-state index contributed by atoms with van der Waals surface area (Å²) in [6, 6.07) is 6.60. The molecule has 4 nitrogen and oxygen atoms in total. The van der Waals surface area contributed by atoms with E-state index in [4.69, 9.17) is 0 Å². The lowest BCUT2D eigenvalue weighted by Crippen LogP contribution is -2.23. The van der Waals surface area contributed by atoms with Crippen LogP contribution < -0.4 is 4.90 Å². The Morgan fingerprint density at radius 2 is 2.25 bits per heavy atom. The van der Waals surface area contributed by atoms with E-state index in [1.54, 1.807) is 17.7 Å². The van der Waals surface area contributed by atoms with Crippen molar-refractivity contribution in [2.75, 3.05) is 11.4 Å². The van der Waals surface area contributed by atoms with Gasteiger partial charge in [-0.05, 0) is 35.9 Å². The fourth-order valence-corrected chi connectivity index (χ4v) is 3.77. The monoisotopic (exact) mass is 282 g/mol. The van der Waals surface area contributed by atoms with E-state index in [-0.39, 0.29) is 0 Å². The molecule has 1 fully saturated rings. The number of anilines is 1. The lowest BCUT2D eigenvalue weighted by Gasteiger charge is -2.26. The molecule has 0 amide bonds. The summed E-state index contributed by atoms with van der Waals surface area (Å²) in [4.78, 5) is 15.5. The summed E-state index contributed by atoms with van der Waals surface area (Å²) < 4.78 is 1.18. The topological polar surface area (TPSA) is 41.9 Å². The minimum Gasteiger partial charge on any atom is -0.348 e. The zero-order chi connectivity index (χ0) is 13.4. The molecule has 1 aliphatic heterocycles. The number of hydrogen-bond donors (Lipinski definition) is 0. The second-order valence-corrected chi connectivity index (χ2v) is 5.89. The zero-order valence-electron chi connectivity index (χ0n) is 10.9. The summed E-state index contributed by atoms with van der Waals surface area (Å²) in [5.41, 5.74) is 2.31. The van der Waals surface area contributed by atoms with Crippen molar-refractivity contribution in [3.05, 3.63) is 47.9 Å². The van der Waals surface area contributed by atoms with Crippen LogP contribution in [0.1, 0.15) is 24.4 Å². The average molecular weight is 282 g/mol. The molecular formula is C15H14N4S. The second kappa shape index (κ2) is 4.83. The van der Waals surface area contributed by atoms with E-state index in [9.17, 15) is 0 Å². The van der Waals surface area contributed by atoms with Crippen LogP contribution in [0.15, 0.2) is 42.3 Å². The Morgan fingerprint density at radius 3 is 3.15 bits per heavy atom. The van der Waals surface area contributed by atoms with Crippen molar-refractivity contribution >= 4 is 27.4 Å². The number of hydrogen-bond acceptors (Lipinski definition) is 5. The Balaban J connectivity index is 1.79. The lowest BCUT2D eigenvalue weighted by atomic mass is 10.1. The molecule has 0 spiro atoms. The van der Waals surface area contributed by atoms with Gasteiger partial charge in [-0.1, -0.05) is 6.07 Å². The molecule has 0 N–H and O–H groups in total. The average Bonchev–Trinajstić information content (AvgIpc) is 3.16. The smallest absolute Gasteiger partial charge is 0.150 e. The number of rotatable bonds is 2. The van der Waals surface area contributed by atoms with E-state index in [2.05, 4.69) is 37.4 Å². The van der Waals surface area contributed by atoms with Crippen molar-refractivity contribution in [1.29, 1.82) is 0 Å². The van der Waals surface area contributed by atoms with Crippen molar-refractivity contribution in [1.82, 2.24) is 15.0 Å². The van der Waals surface area contributed by atoms with E-state index >= 15 is 0 Å². The molecule has 0 aromatic carbocycles. The molecule has 1 saturated heterocycles. The minimum absolute atomic E-state index is 0.379. The molecule has 0 saturated carbocycles. The first kappa shape index (κ1) is 11.8. The highest BCUT2D eigenvalue weighted by Crippen LogP contribution is 2.38. The number of aromatic nitrogens is 3. The van der Waals surface area contributed by atoms with Gasteiger partial charge in [-0.25, -0.2) is 9.97 Å². The molecular weight excluding hydrogens is 268 g/mol. The third-order valence-electron chi connectivity index (χ3n) is 3.82. The van der Waals surface area contributed by atoms with Gasteiger partial charge < -0.3 is 4.90 Å². The largest absolute Gasteiger partial charge is 0.348 e. The van der Waals surface area contributed by atoms with Crippen molar-refractivity contribution in [3.63, 3.8) is 0 Å². The highest BCUT2D eigenvalue weighted by molar-refractivity contribution is 7.17. The second-order valence-electron chi connectivity index (χ2n) is 4.97. The fourth-order valence-electron chi connectivity index (χ4n) is 2.92. The van der Waals surface area contributed by atoms with Gasteiger partial charge >= 0.3 is 0 Å². The van der Waals surface area contributed by atoms with E-state index in [0.717, 1.165) is 24.3 Å². The van der Waals surface area contributed by atoms with Crippen LogP contribution in [0, 0.1) is 0 Å². The van der Waals surface area contributed by atoms with Gasteiger partial charge in [0.15, 0.2) is 5.82 Å². The van der Waals surface area contributed by atoms with Crippen molar-refractivity contribution in [2.45, 2.75) is 18.9 Å². The first-order chi connectivity index (χ1) is 9.93. The summed E-state index contributed by atoms with van der Waals surface area (Å²) in [6.45, 7) is 1.05. The molecule has 100 valence electrons. The van der Waals surface area contributed by atoms with E-state index < -0.39 is 0 Å². The maximum absolute atomic E-state index is 4.54. The third kappa shape index (κ3) is 1.86. The number of fused-ring (bicyclic) bond motifs is 1. The van der Waals surface area contributed by atoms with Crippen LogP contribution >= 0.6 is 11.3 Å². The van der Waals surface area contributed by atoms with Crippen molar-refractivity contribution < 1.29 is 0 Å². The van der Waals surface area contributed by atoms with Crippen LogP contribution in [-0.4, -0.2) is 21.5 Å². The third-order valence-corrected chi connectivity index (χ3v) is 4.72. The molecule has 1 unspecified atom stereocenters. The maximum Gasteiger partial charge on any atom is 0.150 e. The molecule has 4 heterocycles. The summed E-state index contributed by atoms with van der Waals surface area (Å²) >= 11 is 1.72. The fraction of sp³-hybridized carbons (Fsp3) is 0.267. The molecule has 3 aromatic heterocycles. The Hall–Kier alpha value is -2.01. The van der Waals surface area contributed by atoms with Crippen molar-refractivity contribution in [2.24, 2.45) is 0 Å². The number of pyridine rings is 1. The standard InChI is InChI=1S/C15H14N4S/c1-3-11(9-16-6-1)13-4-2-7-19(13)15-14-12(5-8-20-14)17-10-18-15/h1,3,5-6,8-10,13H,2,4,7H2. The predicted octanol–water partition coefficient (Wildman–Crippen LogP) is 3.43. The first-order valence-corrected chi connectivity index (χ1v) is 7.66. The summed E-state index contributed by atoms with van der Waals surface area (Å²) in [5.74, 6) is 1.07. The highest BCUT2D eigenvalue weighted by atomic mass is 32.1. The summed E-state index contributed by atoms with van der Waals surface area (Å²) in [7, 11) is 0. The maximum atomic E-state index is 4.54. The molecule has 3 aromatic rings. The quantitative estimate of drug-likeness (QED) is 0.722. The molecule has 0 bridgehead atoms. The van der Waals surface area contributed by atoms with Gasteiger partial charge in [-0.15, -0.1) is 11.3 Å². The molecule has 20 heavy (non-hydrogen) atoms. The Morgan fingerprint density at radius 1 is 1.25 bits per heavy atom. The Kier molecular flexibility index (Phi) is 2.85. The molecule has 1 aliphatic rings. The van der Waals surface area contributed by atoms with Crippen molar-refractivity contribution in [3.8, 4) is 0 Å². The predicted molar refractivity (Wildman–Crippen MR) is 81.0 cm³/mol. The number of nitrogens with zero attached hydrogens (tertiary/aromatic N) is 4. The molecule has 1 atom stereocenters.